The van der Waals surface area contributed by atoms with Crippen LogP contribution in [-0.2, 0) is 4.74 Å². The minimum Gasteiger partial charge on any atom is -0.393 e. The third-order valence-corrected chi connectivity index (χ3v) is 7.89. The van der Waals surface area contributed by atoms with Gasteiger partial charge < -0.3 is 14.9 Å². The van der Waals surface area contributed by atoms with Gasteiger partial charge in [0, 0.05) is 17.6 Å². The summed E-state index contributed by atoms with van der Waals surface area (Å²) in [5, 5.41) is 21.0. The summed E-state index contributed by atoms with van der Waals surface area (Å²) in [4.78, 5) is 2.39. The molecule has 0 unspecified atom stereocenters. The molecule has 4 saturated carbocycles. The SMILES string of the molecule is CC1(C)CC(O)CC(C)(C)N1C[C@H](O)COC12CC3CC(CC(C3)C1)C2. The fraction of sp³-hybridized carbons (Fsp3) is 1.00. The first-order chi connectivity index (χ1) is 12.1. The summed E-state index contributed by atoms with van der Waals surface area (Å²) in [5.41, 5.74) is -0.148. The minimum atomic E-state index is -0.461. The average molecular weight is 366 g/mol. The molecule has 4 heteroatoms. The van der Waals surface area contributed by atoms with Crippen LogP contribution in [0.3, 0.4) is 0 Å². The summed E-state index contributed by atoms with van der Waals surface area (Å²) >= 11 is 0. The Morgan fingerprint density at radius 3 is 1.81 bits per heavy atom. The molecule has 4 nitrogen and oxygen atoms in total. The molecular weight excluding hydrogens is 326 g/mol. The third kappa shape index (κ3) is 3.59. The summed E-state index contributed by atoms with van der Waals surface area (Å²) < 4.78 is 6.48. The van der Waals surface area contributed by atoms with Crippen molar-refractivity contribution in [3.05, 3.63) is 0 Å². The number of hydrogen-bond acceptors (Lipinski definition) is 4. The maximum atomic E-state index is 10.8. The predicted molar refractivity (Wildman–Crippen MR) is 103 cm³/mol. The van der Waals surface area contributed by atoms with Gasteiger partial charge in [-0.2, -0.15) is 0 Å². The molecule has 0 amide bonds. The summed E-state index contributed by atoms with van der Waals surface area (Å²) in [6.45, 7) is 9.82. The molecule has 0 aromatic heterocycles. The largest absolute Gasteiger partial charge is 0.393 e. The monoisotopic (exact) mass is 365 g/mol. The summed E-state index contributed by atoms with van der Waals surface area (Å²) in [5.74, 6) is 2.62. The predicted octanol–water partition coefficient (Wildman–Crippen LogP) is 3.35. The molecule has 1 atom stereocenters. The van der Waals surface area contributed by atoms with Gasteiger partial charge in [0.05, 0.1) is 24.4 Å². The van der Waals surface area contributed by atoms with Crippen LogP contribution < -0.4 is 0 Å². The van der Waals surface area contributed by atoms with Crippen LogP contribution in [0.1, 0.15) is 79.1 Å². The van der Waals surface area contributed by atoms with E-state index in [4.69, 9.17) is 4.74 Å². The highest BCUT2D eigenvalue weighted by Crippen LogP contribution is 2.57. The molecule has 0 spiro atoms. The van der Waals surface area contributed by atoms with Crippen molar-refractivity contribution in [3.8, 4) is 0 Å². The Kier molecular flexibility index (Phi) is 4.74. The molecule has 5 rings (SSSR count). The Balaban J connectivity index is 1.36. The number of ether oxygens (including phenoxy) is 1. The van der Waals surface area contributed by atoms with Crippen molar-refractivity contribution in [1.29, 1.82) is 0 Å². The van der Waals surface area contributed by atoms with Gasteiger partial charge in [-0.25, -0.2) is 0 Å². The number of aliphatic hydroxyl groups is 2. The fourth-order valence-electron chi connectivity index (χ4n) is 7.50. The van der Waals surface area contributed by atoms with Gasteiger partial charge in [-0.1, -0.05) is 0 Å². The van der Waals surface area contributed by atoms with Gasteiger partial charge in [0.2, 0.25) is 0 Å². The van der Waals surface area contributed by atoms with E-state index in [1.807, 2.05) is 0 Å². The number of rotatable bonds is 5. The summed E-state index contributed by atoms with van der Waals surface area (Å²) in [6, 6.07) is 0. The maximum Gasteiger partial charge on any atom is 0.0900 e. The molecule has 0 aromatic carbocycles. The highest BCUT2D eigenvalue weighted by Gasteiger charge is 2.52. The lowest BCUT2D eigenvalue weighted by Gasteiger charge is -2.57. The summed E-state index contributed by atoms with van der Waals surface area (Å²) in [6.07, 6.45) is 8.73. The van der Waals surface area contributed by atoms with Crippen molar-refractivity contribution in [2.45, 2.75) is 108 Å². The fourth-order valence-corrected chi connectivity index (χ4v) is 7.50. The molecule has 150 valence electrons. The average Bonchev–Trinajstić information content (AvgIpc) is 2.46. The number of nitrogens with zero attached hydrogens (tertiary/aromatic N) is 1. The lowest BCUT2D eigenvalue weighted by Crippen LogP contribution is -2.63. The van der Waals surface area contributed by atoms with Crippen LogP contribution in [0.15, 0.2) is 0 Å². The van der Waals surface area contributed by atoms with Crippen molar-refractivity contribution in [2.75, 3.05) is 13.2 Å². The van der Waals surface area contributed by atoms with Gasteiger partial charge in [0.25, 0.3) is 0 Å². The highest BCUT2D eigenvalue weighted by atomic mass is 16.5. The second-order valence-corrected chi connectivity index (χ2v) is 11.4. The van der Waals surface area contributed by atoms with Gasteiger partial charge in [-0.15, -0.1) is 0 Å². The zero-order valence-electron chi connectivity index (χ0n) is 17.2. The van der Waals surface area contributed by atoms with Crippen LogP contribution in [-0.4, -0.2) is 57.2 Å². The van der Waals surface area contributed by atoms with Gasteiger partial charge in [0.15, 0.2) is 0 Å². The molecule has 26 heavy (non-hydrogen) atoms. The number of likely N-dealkylation sites (tertiary alicyclic amines) is 1. The molecule has 1 heterocycles. The zero-order valence-corrected chi connectivity index (χ0v) is 17.2. The molecule has 1 saturated heterocycles. The van der Waals surface area contributed by atoms with Crippen LogP contribution in [0.4, 0.5) is 0 Å². The van der Waals surface area contributed by atoms with Crippen LogP contribution in [0.5, 0.6) is 0 Å². The second-order valence-electron chi connectivity index (χ2n) is 11.4. The van der Waals surface area contributed by atoms with E-state index in [0.29, 0.717) is 13.2 Å². The molecule has 0 aromatic rings. The number of aliphatic hydroxyl groups excluding tert-OH is 2. The Morgan fingerprint density at radius 2 is 1.35 bits per heavy atom. The van der Waals surface area contributed by atoms with Crippen molar-refractivity contribution >= 4 is 0 Å². The van der Waals surface area contributed by atoms with Crippen molar-refractivity contribution in [2.24, 2.45) is 17.8 Å². The van der Waals surface area contributed by atoms with E-state index in [2.05, 4.69) is 32.6 Å². The van der Waals surface area contributed by atoms with Crippen LogP contribution in [0, 0.1) is 17.8 Å². The smallest absolute Gasteiger partial charge is 0.0900 e. The summed E-state index contributed by atoms with van der Waals surface area (Å²) in [7, 11) is 0. The standard InChI is InChI=1S/C22H39NO3/c1-20(2)11-18(24)12-21(3,4)23(20)13-19(25)14-26-22-8-15-5-16(9-22)7-17(6-15)10-22/h15-19,24-25H,5-14H2,1-4H3/t15?,16?,17?,19-,22?/m0/s1. The molecular formula is C22H39NO3. The maximum absolute atomic E-state index is 10.8. The Morgan fingerprint density at radius 1 is 0.885 bits per heavy atom. The number of piperidine rings is 1. The molecule has 2 N–H and O–H groups in total. The molecule has 4 bridgehead atoms. The number of hydrogen-bond donors (Lipinski definition) is 2. The van der Waals surface area contributed by atoms with E-state index < -0.39 is 6.10 Å². The Hall–Kier alpha value is -0.160. The van der Waals surface area contributed by atoms with Gasteiger partial charge in [0.1, 0.15) is 0 Å². The first-order valence-electron chi connectivity index (χ1n) is 10.8. The highest BCUT2D eigenvalue weighted by molar-refractivity contribution is 5.04. The molecule has 0 radical (unpaired) electrons. The quantitative estimate of drug-likeness (QED) is 0.784. The minimum absolute atomic E-state index is 0.0683. The van der Waals surface area contributed by atoms with E-state index in [9.17, 15) is 10.2 Å². The van der Waals surface area contributed by atoms with Crippen molar-refractivity contribution in [3.63, 3.8) is 0 Å². The van der Waals surface area contributed by atoms with Crippen LogP contribution in [0.25, 0.3) is 0 Å². The van der Waals surface area contributed by atoms with Crippen molar-refractivity contribution < 1.29 is 14.9 Å². The van der Waals surface area contributed by atoms with Gasteiger partial charge in [-0.3, -0.25) is 4.90 Å². The topological polar surface area (TPSA) is 52.9 Å². The molecule has 1 aliphatic heterocycles. The van der Waals surface area contributed by atoms with E-state index in [-0.39, 0.29) is 22.8 Å². The number of β-amino-alcohol motifs (C(OH)–C–C–N with tert-alkyl or cyclic N) is 1. The van der Waals surface area contributed by atoms with E-state index >= 15 is 0 Å². The molecule has 5 aliphatic rings. The normalized spacial score (nSPS) is 42.9. The van der Waals surface area contributed by atoms with Crippen molar-refractivity contribution in [1.82, 2.24) is 4.90 Å². The molecule has 5 fully saturated rings. The Labute approximate surface area is 159 Å². The van der Waals surface area contributed by atoms with Crippen LogP contribution >= 0.6 is 0 Å². The van der Waals surface area contributed by atoms with Gasteiger partial charge >= 0.3 is 0 Å². The lowest BCUT2D eigenvalue weighted by atomic mass is 9.54. The Bertz CT molecular complexity index is 476. The van der Waals surface area contributed by atoms with E-state index in [1.165, 1.54) is 38.5 Å². The third-order valence-electron chi connectivity index (χ3n) is 7.89. The first-order valence-corrected chi connectivity index (χ1v) is 10.8. The first kappa shape index (κ1) is 19.2. The van der Waals surface area contributed by atoms with E-state index in [1.54, 1.807) is 0 Å². The van der Waals surface area contributed by atoms with E-state index in [0.717, 1.165) is 30.6 Å². The second kappa shape index (κ2) is 6.43. The zero-order chi connectivity index (χ0) is 18.7. The lowest BCUT2D eigenvalue weighted by molar-refractivity contribution is -0.181. The van der Waals surface area contributed by atoms with Crippen LogP contribution in [0.2, 0.25) is 0 Å². The molecule has 4 aliphatic carbocycles. The van der Waals surface area contributed by atoms with Gasteiger partial charge in [-0.05, 0) is 96.8 Å².